The Kier molecular flexibility index (Phi) is 6.21. The lowest BCUT2D eigenvalue weighted by molar-refractivity contribution is 0.0916. The zero-order valence-electron chi connectivity index (χ0n) is 16.7. The summed E-state index contributed by atoms with van der Waals surface area (Å²) >= 11 is 0. The molecule has 30 heavy (non-hydrogen) atoms. The van der Waals surface area contributed by atoms with Gasteiger partial charge in [-0.2, -0.15) is 0 Å². The van der Waals surface area contributed by atoms with Crippen molar-refractivity contribution >= 4 is 22.8 Å². The molecule has 4 rings (SSSR count). The average molecular weight is 406 g/mol. The number of hydrogen-bond donors (Lipinski definition) is 4. The number of anilines is 1. The molecule has 7 heteroatoms. The molecule has 1 amide bonds. The van der Waals surface area contributed by atoms with Crippen LogP contribution in [0, 0.1) is 0 Å². The number of rotatable bonds is 6. The van der Waals surface area contributed by atoms with E-state index in [1.165, 1.54) is 0 Å². The summed E-state index contributed by atoms with van der Waals surface area (Å²) in [6.45, 7) is -0.185. The van der Waals surface area contributed by atoms with Gasteiger partial charge in [0.05, 0.1) is 24.3 Å². The van der Waals surface area contributed by atoms with Crippen molar-refractivity contribution in [3.05, 3.63) is 65.9 Å². The number of benzene rings is 2. The molecule has 1 heterocycles. The number of fused-ring (bicyclic) bond motifs is 1. The lowest BCUT2D eigenvalue weighted by atomic mass is 9.93. The summed E-state index contributed by atoms with van der Waals surface area (Å²) in [5, 5.41) is 26.4. The summed E-state index contributed by atoms with van der Waals surface area (Å²) in [6, 6.07) is 14.4. The SMILES string of the molecule is O=C(NC(CO)c1ccccc1)c1ccc2cnc(NC3CCC(O)CC3)nc2c1. The summed E-state index contributed by atoms with van der Waals surface area (Å²) in [5.41, 5.74) is 2.00. The number of nitrogens with zero attached hydrogens (tertiary/aromatic N) is 2. The topological polar surface area (TPSA) is 107 Å². The van der Waals surface area contributed by atoms with Crippen LogP contribution in [0.15, 0.2) is 54.7 Å². The lowest BCUT2D eigenvalue weighted by Crippen LogP contribution is -2.30. The average Bonchev–Trinajstić information content (AvgIpc) is 2.79. The first-order chi connectivity index (χ1) is 14.6. The molecule has 1 fully saturated rings. The highest BCUT2D eigenvalue weighted by molar-refractivity contribution is 5.98. The lowest BCUT2D eigenvalue weighted by Gasteiger charge is -2.26. The van der Waals surface area contributed by atoms with Crippen molar-refractivity contribution in [1.82, 2.24) is 15.3 Å². The second kappa shape index (κ2) is 9.19. The number of aliphatic hydroxyl groups excluding tert-OH is 2. The van der Waals surface area contributed by atoms with Crippen molar-refractivity contribution in [2.75, 3.05) is 11.9 Å². The molecule has 1 aromatic heterocycles. The zero-order valence-corrected chi connectivity index (χ0v) is 16.7. The molecule has 0 bridgehead atoms. The maximum Gasteiger partial charge on any atom is 0.251 e. The third kappa shape index (κ3) is 4.75. The van der Waals surface area contributed by atoms with Crippen molar-refractivity contribution in [3.63, 3.8) is 0 Å². The summed E-state index contributed by atoms with van der Waals surface area (Å²) < 4.78 is 0. The third-order valence-electron chi connectivity index (χ3n) is 5.56. The molecular weight excluding hydrogens is 380 g/mol. The number of carbonyl (C=O) groups excluding carboxylic acids is 1. The molecule has 1 atom stereocenters. The fourth-order valence-corrected chi connectivity index (χ4v) is 3.80. The number of nitrogens with one attached hydrogen (secondary N) is 2. The molecule has 1 aliphatic carbocycles. The highest BCUT2D eigenvalue weighted by Crippen LogP contribution is 2.22. The van der Waals surface area contributed by atoms with E-state index in [0.29, 0.717) is 17.0 Å². The maximum atomic E-state index is 12.8. The summed E-state index contributed by atoms with van der Waals surface area (Å²) in [7, 11) is 0. The summed E-state index contributed by atoms with van der Waals surface area (Å²) in [5.74, 6) is 0.258. The Balaban J connectivity index is 1.49. The van der Waals surface area contributed by atoms with E-state index in [1.54, 1.807) is 18.3 Å². The predicted octanol–water partition coefficient (Wildman–Crippen LogP) is 2.81. The van der Waals surface area contributed by atoms with E-state index in [0.717, 1.165) is 36.6 Å². The molecule has 7 nitrogen and oxygen atoms in total. The molecule has 4 N–H and O–H groups in total. The maximum absolute atomic E-state index is 12.8. The van der Waals surface area contributed by atoms with Crippen LogP contribution in [0.1, 0.15) is 47.6 Å². The molecule has 0 saturated heterocycles. The number of carbonyl (C=O) groups is 1. The van der Waals surface area contributed by atoms with Gasteiger partial charge in [-0.1, -0.05) is 36.4 Å². The fraction of sp³-hybridized carbons (Fsp3) is 0.348. The van der Waals surface area contributed by atoms with Gasteiger partial charge in [-0.25, -0.2) is 9.97 Å². The highest BCUT2D eigenvalue weighted by atomic mass is 16.3. The van der Waals surface area contributed by atoms with Crippen LogP contribution in [0.25, 0.3) is 10.9 Å². The van der Waals surface area contributed by atoms with Crippen LogP contribution in [-0.2, 0) is 0 Å². The summed E-state index contributed by atoms with van der Waals surface area (Å²) in [6.07, 6.45) is 4.86. The van der Waals surface area contributed by atoms with E-state index in [-0.39, 0.29) is 24.7 Å². The van der Waals surface area contributed by atoms with Gasteiger partial charge in [-0.15, -0.1) is 0 Å². The molecule has 0 aliphatic heterocycles. The van der Waals surface area contributed by atoms with Gasteiger partial charge in [-0.3, -0.25) is 4.79 Å². The fourth-order valence-electron chi connectivity index (χ4n) is 3.80. The minimum absolute atomic E-state index is 0.185. The van der Waals surface area contributed by atoms with Gasteiger partial charge in [0.1, 0.15) is 0 Å². The minimum Gasteiger partial charge on any atom is -0.394 e. The first-order valence-corrected chi connectivity index (χ1v) is 10.3. The van der Waals surface area contributed by atoms with Crippen molar-refractivity contribution in [2.24, 2.45) is 0 Å². The normalized spacial score (nSPS) is 19.9. The molecule has 0 radical (unpaired) electrons. The Hall–Kier alpha value is -3.03. The highest BCUT2D eigenvalue weighted by Gasteiger charge is 2.20. The van der Waals surface area contributed by atoms with E-state index < -0.39 is 6.04 Å². The largest absolute Gasteiger partial charge is 0.394 e. The van der Waals surface area contributed by atoms with Crippen molar-refractivity contribution < 1.29 is 15.0 Å². The van der Waals surface area contributed by atoms with E-state index in [1.807, 2.05) is 36.4 Å². The van der Waals surface area contributed by atoms with E-state index >= 15 is 0 Å². The van der Waals surface area contributed by atoms with Crippen molar-refractivity contribution in [2.45, 2.75) is 43.9 Å². The standard InChI is InChI=1S/C23H26N4O3/c28-14-21(15-4-2-1-3-5-15)26-22(30)16-6-7-17-13-24-23(27-20(17)12-16)25-18-8-10-19(29)11-9-18/h1-7,12-13,18-19,21,28-29H,8-11,14H2,(H,26,30)(H,24,25,27). The molecular formula is C23H26N4O3. The van der Waals surface area contributed by atoms with Crippen molar-refractivity contribution in [3.8, 4) is 0 Å². The van der Waals surface area contributed by atoms with Crippen LogP contribution < -0.4 is 10.6 Å². The quantitative estimate of drug-likeness (QED) is 0.501. The Morgan fingerprint density at radius 1 is 1.10 bits per heavy atom. The molecule has 1 saturated carbocycles. The first kappa shape index (κ1) is 20.3. The number of amides is 1. The first-order valence-electron chi connectivity index (χ1n) is 10.3. The Bertz CT molecular complexity index is 1000. The minimum atomic E-state index is -0.473. The Morgan fingerprint density at radius 2 is 1.87 bits per heavy atom. The van der Waals surface area contributed by atoms with Gasteiger partial charge in [-0.05, 0) is 43.4 Å². The van der Waals surface area contributed by atoms with Gasteiger partial charge >= 0.3 is 0 Å². The van der Waals surface area contributed by atoms with Crippen LogP contribution in [-0.4, -0.2) is 44.8 Å². The Morgan fingerprint density at radius 3 is 2.60 bits per heavy atom. The van der Waals surface area contributed by atoms with E-state index in [9.17, 15) is 15.0 Å². The number of aliphatic hydroxyl groups is 2. The predicted molar refractivity (Wildman–Crippen MR) is 115 cm³/mol. The van der Waals surface area contributed by atoms with Gasteiger partial charge in [0.15, 0.2) is 0 Å². The molecule has 0 spiro atoms. The van der Waals surface area contributed by atoms with E-state index in [4.69, 9.17) is 0 Å². The monoisotopic (exact) mass is 406 g/mol. The van der Waals surface area contributed by atoms with Gasteiger partial charge in [0.25, 0.3) is 5.91 Å². The zero-order chi connectivity index (χ0) is 20.9. The summed E-state index contributed by atoms with van der Waals surface area (Å²) in [4.78, 5) is 21.7. The second-order valence-corrected chi connectivity index (χ2v) is 7.74. The van der Waals surface area contributed by atoms with Gasteiger partial charge in [0, 0.05) is 23.2 Å². The Labute approximate surface area is 175 Å². The van der Waals surface area contributed by atoms with E-state index in [2.05, 4.69) is 20.6 Å². The van der Waals surface area contributed by atoms with Gasteiger partial charge < -0.3 is 20.8 Å². The van der Waals surface area contributed by atoms with Gasteiger partial charge in [0.2, 0.25) is 5.95 Å². The molecule has 1 aliphatic rings. The van der Waals surface area contributed by atoms with Crippen LogP contribution in [0.2, 0.25) is 0 Å². The molecule has 3 aromatic rings. The second-order valence-electron chi connectivity index (χ2n) is 7.74. The number of aromatic nitrogens is 2. The van der Waals surface area contributed by atoms with Crippen LogP contribution in [0.5, 0.6) is 0 Å². The third-order valence-corrected chi connectivity index (χ3v) is 5.56. The van der Waals surface area contributed by atoms with Crippen LogP contribution in [0.3, 0.4) is 0 Å². The number of hydrogen-bond acceptors (Lipinski definition) is 6. The molecule has 1 unspecified atom stereocenters. The smallest absolute Gasteiger partial charge is 0.251 e. The molecule has 156 valence electrons. The van der Waals surface area contributed by atoms with Crippen LogP contribution >= 0.6 is 0 Å². The molecule has 2 aromatic carbocycles. The van der Waals surface area contributed by atoms with Crippen molar-refractivity contribution in [1.29, 1.82) is 0 Å². The van der Waals surface area contributed by atoms with Crippen LogP contribution in [0.4, 0.5) is 5.95 Å².